The summed E-state index contributed by atoms with van der Waals surface area (Å²) in [6, 6.07) is 1.70. The molecule has 0 aromatic carbocycles. The summed E-state index contributed by atoms with van der Waals surface area (Å²) in [5.74, 6) is 0.711. The second kappa shape index (κ2) is 4.61. The molecule has 5 nitrogen and oxygen atoms in total. The van der Waals surface area contributed by atoms with Crippen LogP contribution in [0.25, 0.3) is 0 Å². The quantitative estimate of drug-likeness (QED) is 0.872. The molecule has 1 saturated heterocycles. The molecule has 92 valence electrons. The van der Waals surface area contributed by atoms with Gasteiger partial charge in [-0.3, -0.25) is 4.98 Å². The summed E-state index contributed by atoms with van der Waals surface area (Å²) in [7, 11) is 0. The van der Waals surface area contributed by atoms with Crippen LogP contribution in [0.1, 0.15) is 32.4 Å². The zero-order valence-electron chi connectivity index (χ0n) is 10.1. The molecule has 0 bridgehead atoms. The molecule has 1 aliphatic rings. The molecule has 0 aliphatic carbocycles. The fraction of sp³-hybridized carbons (Fsp3) is 0.500. The van der Waals surface area contributed by atoms with Crippen molar-refractivity contribution in [3.05, 3.63) is 24.0 Å². The minimum atomic E-state index is -0.401. The third-order valence-electron chi connectivity index (χ3n) is 2.51. The molecule has 1 fully saturated rings. The lowest BCUT2D eigenvalue weighted by Gasteiger charge is -2.18. The molecule has 1 aromatic heterocycles. The number of pyridine rings is 1. The lowest BCUT2D eigenvalue weighted by Crippen LogP contribution is -2.24. The molecule has 1 aliphatic heterocycles. The van der Waals surface area contributed by atoms with E-state index in [-0.39, 0.29) is 18.2 Å². The molecule has 1 aromatic rings. The second-order valence-electron chi connectivity index (χ2n) is 4.34. The monoisotopic (exact) mass is 236 g/mol. The first-order chi connectivity index (χ1) is 8.08. The molecule has 17 heavy (non-hydrogen) atoms. The Labute approximate surface area is 100 Å². The van der Waals surface area contributed by atoms with Crippen molar-refractivity contribution < 1.29 is 14.3 Å². The number of aromatic nitrogens is 1. The van der Waals surface area contributed by atoms with Gasteiger partial charge >= 0.3 is 6.09 Å². The normalized spacial score (nSPS) is 23.4. The Balaban J connectivity index is 2.28. The van der Waals surface area contributed by atoms with Gasteiger partial charge < -0.3 is 14.8 Å². The van der Waals surface area contributed by atoms with Crippen molar-refractivity contribution in [2.24, 2.45) is 0 Å². The Morgan fingerprint density at radius 1 is 1.53 bits per heavy atom. The second-order valence-corrected chi connectivity index (χ2v) is 4.34. The first-order valence-corrected chi connectivity index (χ1v) is 5.65. The lowest BCUT2D eigenvalue weighted by atomic mass is 10.1. The van der Waals surface area contributed by atoms with Gasteiger partial charge in [0.25, 0.3) is 0 Å². The maximum atomic E-state index is 11.2. The Morgan fingerprint density at radius 2 is 2.29 bits per heavy atom. The van der Waals surface area contributed by atoms with Crippen molar-refractivity contribution in [2.75, 3.05) is 0 Å². The van der Waals surface area contributed by atoms with Gasteiger partial charge in [0.05, 0.1) is 17.7 Å². The van der Waals surface area contributed by atoms with Crippen LogP contribution in [0.5, 0.6) is 5.75 Å². The highest BCUT2D eigenvalue weighted by Gasteiger charge is 2.34. The number of cyclic esters (lactones) is 1. The summed E-state index contributed by atoms with van der Waals surface area (Å²) in [4.78, 5) is 15.2. The average molecular weight is 236 g/mol. The molecule has 1 N–H and O–H groups in total. The third kappa shape index (κ3) is 2.49. The Bertz CT molecular complexity index is 420. The van der Waals surface area contributed by atoms with Crippen LogP contribution in [-0.2, 0) is 4.74 Å². The number of rotatable bonds is 3. The molecule has 2 atom stereocenters. The van der Waals surface area contributed by atoms with E-state index in [9.17, 15) is 4.79 Å². The van der Waals surface area contributed by atoms with Crippen molar-refractivity contribution in [3.8, 4) is 5.75 Å². The van der Waals surface area contributed by atoms with Crippen LogP contribution >= 0.6 is 0 Å². The molecule has 1 amide bonds. The van der Waals surface area contributed by atoms with Crippen molar-refractivity contribution in [2.45, 2.75) is 39.0 Å². The van der Waals surface area contributed by atoms with E-state index >= 15 is 0 Å². The molecular weight excluding hydrogens is 220 g/mol. The number of hydrogen-bond donors (Lipinski definition) is 1. The summed E-state index contributed by atoms with van der Waals surface area (Å²) in [6.07, 6.45) is 2.67. The standard InChI is InChI=1S/C12H16N2O3/c1-7(2)16-10-4-5-13-6-9(10)11-8(3)14-12(15)17-11/h4-8,11H,1-3H3,(H,14,15)/t8-,11?/m1/s1. The van der Waals surface area contributed by atoms with Crippen molar-refractivity contribution in [3.63, 3.8) is 0 Å². The van der Waals surface area contributed by atoms with E-state index in [1.54, 1.807) is 18.5 Å². The fourth-order valence-electron chi connectivity index (χ4n) is 1.81. The van der Waals surface area contributed by atoms with E-state index < -0.39 is 6.09 Å². The van der Waals surface area contributed by atoms with Crippen LogP contribution in [-0.4, -0.2) is 23.2 Å². The van der Waals surface area contributed by atoms with Crippen LogP contribution in [0.2, 0.25) is 0 Å². The topological polar surface area (TPSA) is 60.5 Å². The highest BCUT2D eigenvalue weighted by molar-refractivity contribution is 5.70. The van der Waals surface area contributed by atoms with Crippen molar-refractivity contribution in [1.82, 2.24) is 10.3 Å². The smallest absolute Gasteiger partial charge is 0.408 e. The van der Waals surface area contributed by atoms with Crippen molar-refractivity contribution in [1.29, 1.82) is 0 Å². The number of nitrogens with zero attached hydrogens (tertiary/aromatic N) is 1. The van der Waals surface area contributed by atoms with E-state index in [0.29, 0.717) is 5.75 Å². The molecule has 5 heteroatoms. The first kappa shape index (κ1) is 11.7. The van der Waals surface area contributed by atoms with Gasteiger partial charge in [-0.2, -0.15) is 0 Å². The van der Waals surface area contributed by atoms with E-state index in [4.69, 9.17) is 9.47 Å². The van der Waals surface area contributed by atoms with Gasteiger partial charge in [-0.05, 0) is 26.8 Å². The maximum Gasteiger partial charge on any atom is 0.408 e. The Kier molecular flexibility index (Phi) is 3.17. The lowest BCUT2D eigenvalue weighted by molar-refractivity contribution is 0.129. The first-order valence-electron chi connectivity index (χ1n) is 5.65. The predicted octanol–water partition coefficient (Wildman–Crippen LogP) is 2.04. The van der Waals surface area contributed by atoms with E-state index in [1.165, 1.54) is 0 Å². The van der Waals surface area contributed by atoms with Gasteiger partial charge in [0.2, 0.25) is 0 Å². The predicted molar refractivity (Wildman–Crippen MR) is 61.8 cm³/mol. The number of nitrogens with one attached hydrogen (secondary N) is 1. The largest absolute Gasteiger partial charge is 0.490 e. The SMILES string of the molecule is CC(C)Oc1ccncc1C1OC(=O)N[C@@H]1C. The maximum absolute atomic E-state index is 11.2. The number of hydrogen-bond acceptors (Lipinski definition) is 4. The number of alkyl carbamates (subject to hydrolysis) is 1. The van der Waals surface area contributed by atoms with Gasteiger partial charge in [0.1, 0.15) is 5.75 Å². The zero-order valence-corrected chi connectivity index (χ0v) is 10.1. The zero-order chi connectivity index (χ0) is 12.4. The summed E-state index contributed by atoms with van der Waals surface area (Å²) in [5.41, 5.74) is 0.798. The molecular formula is C12H16N2O3. The van der Waals surface area contributed by atoms with Crippen LogP contribution < -0.4 is 10.1 Å². The van der Waals surface area contributed by atoms with Gasteiger partial charge in [0, 0.05) is 12.4 Å². The van der Waals surface area contributed by atoms with Gasteiger partial charge in [-0.1, -0.05) is 0 Å². The molecule has 2 heterocycles. The van der Waals surface area contributed by atoms with Crippen LogP contribution in [0, 0.1) is 0 Å². The Morgan fingerprint density at radius 3 is 2.88 bits per heavy atom. The molecule has 2 rings (SSSR count). The summed E-state index contributed by atoms with van der Waals surface area (Å²) in [6.45, 7) is 5.79. The highest BCUT2D eigenvalue weighted by atomic mass is 16.6. The number of carbonyl (C=O) groups excluding carboxylic acids is 1. The summed E-state index contributed by atoms with van der Waals surface area (Å²) in [5, 5.41) is 2.70. The van der Waals surface area contributed by atoms with Gasteiger partial charge in [-0.15, -0.1) is 0 Å². The van der Waals surface area contributed by atoms with Gasteiger partial charge in [0.15, 0.2) is 6.10 Å². The molecule has 0 saturated carbocycles. The third-order valence-corrected chi connectivity index (χ3v) is 2.51. The highest BCUT2D eigenvalue weighted by Crippen LogP contribution is 2.32. The summed E-state index contributed by atoms with van der Waals surface area (Å²) >= 11 is 0. The van der Waals surface area contributed by atoms with Crippen LogP contribution in [0.3, 0.4) is 0 Å². The average Bonchev–Trinajstić information content (AvgIpc) is 2.58. The molecule has 0 radical (unpaired) electrons. The summed E-state index contributed by atoms with van der Waals surface area (Å²) < 4.78 is 10.9. The minimum absolute atomic E-state index is 0.0662. The number of amides is 1. The number of ether oxygens (including phenoxy) is 2. The van der Waals surface area contributed by atoms with Crippen molar-refractivity contribution >= 4 is 6.09 Å². The van der Waals surface area contributed by atoms with E-state index in [0.717, 1.165) is 5.56 Å². The van der Waals surface area contributed by atoms with Crippen LogP contribution in [0.15, 0.2) is 18.5 Å². The van der Waals surface area contributed by atoms with Crippen LogP contribution in [0.4, 0.5) is 4.79 Å². The minimum Gasteiger partial charge on any atom is -0.490 e. The molecule has 1 unspecified atom stereocenters. The molecule has 0 spiro atoms. The fourth-order valence-corrected chi connectivity index (χ4v) is 1.81. The van der Waals surface area contributed by atoms with E-state index in [1.807, 2.05) is 20.8 Å². The van der Waals surface area contributed by atoms with E-state index in [2.05, 4.69) is 10.3 Å². The Hall–Kier alpha value is -1.78. The number of carbonyl (C=O) groups is 1. The van der Waals surface area contributed by atoms with Gasteiger partial charge in [-0.25, -0.2) is 4.79 Å².